The summed E-state index contributed by atoms with van der Waals surface area (Å²) in [7, 11) is 0. The predicted molar refractivity (Wildman–Crippen MR) is 69.1 cm³/mol. The fourth-order valence-corrected chi connectivity index (χ4v) is 2.43. The zero-order chi connectivity index (χ0) is 10.5. The van der Waals surface area contributed by atoms with E-state index in [1.165, 1.54) is 11.3 Å². The van der Waals surface area contributed by atoms with Crippen LogP contribution >= 0.6 is 23.7 Å². The zero-order valence-electron chi connectivity index (χ0n) is 9.07. The molecule has 0 spiro atoms. The van der Waals surface area contributed by atoms with Gasteiger partial charge in [-0.25, -0.2) is 0 Å². The number of hydrogen-bond donors (Lipinski definition) is 2. The molecular weight excluding hydrogens is 244 g/mol. The molecular formula is C11H17ClN2OS. The van der Waals surface area contributed by atoms with Gasteiger partial charge in [-0.1, -0.05) is 12.5 Å². The Morgan fingerprint density at radius 1 is 1.56 bits per heavy atom. The van der Waals surface area contributed by atoms with Gasteiger partial charge in [0.2, 0.25) is 5.91 Å². The van der Waals surface area contributed by atoms with Gasteiger partial charge in [0.1, 0.15) is 0 Å². The van der Waals surface area contributed by atoms with E-state index in [1.54, 1.807) is 11.3 Å². The minimum atomic E-state index is 0. The minimum absolute atomic E-state index is 0. The van der Waals surface area contributed by atoms with Crippen LogP contribution in [-0.4, -0.2) is 18.5 Å². The monoisotopic (exact) mass is 260 g/mol. The molecule has 1 aliphatic rings. The van der Waals surface area contributed by atoms with Crippen LogP contribution in [0.4, 0.5) is 0 Å². The van der Waals surface area contributed by atoms with Crippen molar-refractivity contribution >= 4 is 29.7 Å². The summed E-state index contributed by atoms with van der Waals surface area (Å²) >= 11 is 1.68. The van der Waals surface area contributed by atoms with Crippen LogP contribution in [0, 0.1) is 0 Å². The molecule has 0 unspecified atom stereocenters. The molecule has 1 saturated heterocycles. The van der Waals surface area contributed by atoms with E-state index in [9.17, 15) is 4.79 Å². The first-order valence-electron chi connectivity index (χ1n) is 5.40. The van der Waals surface area contributed by atoms with E-state index in [0.717, 1.165) is 19.4 Å². The van der Waals surface area contributed by atoms with Gasteiger partial charge >= 0.3 is 0 Å². The van der Waals surface area contributed by atoms with Gasteiger partial charge in [-0.05, 0) is 30.8 Å². The Kier molecular flexibility index (Phi) is 5.80. The number of amides is 1. The maximum atomic E-state index is 11.7. The molecule has 1 aromatic rings. The molecule has 0 radical (unpaired) electrons. The average Bonchev–Trinajstić information content (AvgIpc) is 2.80. The molecule has 5 heteroatoms. The van der Waals surface area contributed by atoms with E-state index < -0.39 is 0 Å². The van der Waals surface area contributed by atoms with Crippen molar-refractivity contribution in [3.8, 4) is 0 Å². The van der Waals surface area contributed by atoms with Crippen LogP contribution in [0.25, 0.3) is 0 Å². The molecule has 0 saturated carbocycles. The maximum absolute atomic E-state index is 11.7. The van der Waals surface area contributed by atoms with E-state index in [2.05, 4.69) is 10.6 Å². The molecule has 1 aromatic heterocycles. The fourth-order valence-electron chi connectivity index (χ4n) is 1.79. The zero-order valence-corrected chi connectivity index (χ0v) is 10.7. The smallest absolute Gasteiger partial charge is 0.237 e. The van der Waals surface area contributed by atoms with Gasteiger partial charge in [0, 0.05) is 4.88 Å². The van der Waals surface area contributed by atoms with Crippen LogP contribution in [0.5, 0.6) is 0 Å². The largest absolute Gasteiger partial charge is 0.350 e. The lowest BCUT2D eigenvalue weighted by molar-refractivity contribution is -0.123. The second-order valence-electron chi connectivity index (χ2n) is 3.80. The number of carbonyl (C=O) groups is 1. The summed E-state index contributed by atoms with van der Waals surface area (Å²) in [6, 6.07) is 4.07. The van der Waals surface area contributed by atoms with Crippen LogP contribution in [-0.2, 0) is 11.3 Å². The minimum Gasteiger partial charge on any atom is -0.350 e. The molecule has 16 heavy (non-hydrogen) atoms. The molecule has 0 aromatic carbocycles. The van der Waals surface area contributed by atoms with Crippen molar-refractivity contribution in [1.82, 2.24) is 10.6 Å². The number of carbonyl (C=O) groups excluding carboxylic acids is 1. The Morgan fingerprint density at radius 2 is 2.44 bits per heavy atom. The number of rotatable bonds is 3. The Labute approximate surface area is 106 Å². The second-order valence-corrected chi connectivity index (χ2v) is 4.83. The van der Waals surface area contributed by atoms with Crippen LogP contribution in [0.15, 0.2) is 17.5 Å². The third-order valence-corrected chi connectivity index (χ3v) is 3.52. The molecule has 2 N–H and O–H groups in total. The van der Waals surface area contributed by atoms with Crippen LogP contribution < -0.4 is 10.6 Å². The van der Waals surface area contributed by atoms with Crippen molar-refractivity contribution in [3.05, 3.63) is 22.4 Å². The van der Waals surface area contributed by atoms with Crippen molar-refractivity contribution in [3.63, 3.8) is 0 Å². The number of thiophene rings is 1. The first-order valence-corrected chi connectivity index (χ1v) is 6.28. The van der Waals surface area contributed by atoms with Crippen molar-refractivity contribution in [1.29, 1.82) is 0 Å². The topological polar surface area (TPSA) is 41.1 Å². The Bertz CT molecular complexity index is 310. The summed E-state index contributed by atoms with van der Waals surface area (Å²) in [5.41, 5.74) is 0. The summed E-state index contributed by atoms with van der Waals surface area (Å²) in [5, 5.41) is 8.23. The van der Waals surface area contributed by atoms with E-state index >= 15 is 0 Å². The van der Waals surface area contributed by atoms with Crippen LogP contribution in [0.1, 0.15) is 24.1 Å². The lowest BCUT2D eigenvalue weighted by atomic mass is 10.0. The molecule has 2 heterocycles. The molecule has 0 bridgehead atoms. The summed E-state index contributed by atoms with van der Waals surface area (Å²) in [6.07, 6.45) is 3.31. The Hall–Kier alpha value is -0.580. The molecule has 2 rings (SSSR count). The van der Waals surface area contributed by atoms with Crippen molar-refractivity contribution in [2.75, 3.05) is 6.54 Å². The number of halogens is 1. The van der Waals surface area contributed by atoms with E-state index in [1.807, 2.05) is 17.5 Å². The molecule has 1 atom stereocenters. The highest BCUT2D eigenvalue weighted by Crippen LogP contribution is 2.09. The quantitative estimate of drug-likeness (QED) is 0.872. The second kappa shape index (κ2) is 6.89. The van der Waals surface area contributed by atoms with Gasteiger partial charge < -0.3 is 10.6 Å². The number of hydrogen-bond acceptors (Lipinski definition) is 3. The summed E-state index contributed by atoms with van der Waals surface area (Å²) in [6.45, 7) is 1.63. The highest BCUT2D eigenvalue weighted by molar-refractivity contribution is 7.09. The van der Waals surface area contributed by atoms with Crippen molar-refractivity contribution < 1.29 is 4.79 Å². The van der Waals surface area contributed by atoms with Gasteiger partial charge in [0.25, 0.3) is 0 Å². The average molecular weight is 261 g/mol. The molecule has 0 aliphatic carbocycles. The van der Waals surface area contributed by atoms with Crippen molar-refractivity contribution in [2.24, 2.45) is 0 Å². The first kappa shape index (κ1) is 13.5. The standard InChI is InChI=1S/C11H16N2OS.ClH/c14-11(10-5-1-2-6-12-10)13-8-9-4-3-7-15-9;/h3-4,7,10,12H,1-2,5-6,8H2,(H,13,14);1H/t10-;/m1./s1. The summed E-state index contributed by atoms with van der Waals surface area (Å²) in [5.74, 6) is 0.142. The van der Waals surface area contributed by atoms with Gasteiger partial charge in [-0.3, -0.25) is 4.79 Å². The van der Waals surface area contributed by atoms with Crippen LogP contribution in [0.2, 0.25) is 0 Å². The highest BCUT2D eigenvalue weighted by Gasteiger charge is 2.19. The maximum Gasteiger partial charge on any atom is 0.237 e. The molecule has 90 valence electrons. The highest BCUT2D eigenvalue weighted by atomic mass is 35.5. The van der Waals surface area contributed by atoms with E-state index in [-0.39, 0.29) is 24.4 Å². The molecule has 1 aliphatic heterocycles. The Balaban J connectivity index is 0.00000128. The normalized spacial score (nSPS) is 19.9. The predicted octanol–water partition coefficient (Wildman–Crippen LogP) is 1.93. The van der Waals surface area contributed by atoms with Crippen LogP contribution in [0.3, 0.4) is 0 Å². The Morgan fingerprint density at radius 3 is 3.06 bits per heavy atom. The summed E-state index contributed by atoms with van der Waals surface area (Å²) < 4.78 is 0. The third kappa shape index (κ3) is 3.77. The SMILES string of the molecule is Cl.O=C(NCc1cccs1)[C@H]1CCCCN1. The molecule has 3 nitrogen and oxygen atoms in total. The van der Waals surface area contributed by atoms with E-state index in [0.29, 0.717) is 6.54 Å². The van der Waals surface area contributed by atoms with E-state index in [4.69, 9.17) is 0 Å². The van der Waals surface area contributed by atoms with Crippen molar-refractivity contribution in [2.45, 2.75) is 31.8 Å². The van der Waals surface area contributed by atoms with Gasteiger partial charge in [-0.2, -0.15) is 0 Å². The van der Waals surface area contributed by atoms with Gasteiger partial charge in [0.15, 0.2) is 0 Å². The molecule has 1 amide bonds. The third-order valence-electron chi connectivity index (χ3n) is 2.64. The van der Waals surface area contributed by atoms with Gasteiger partial charge in [0.05, 0.1) is 12.6 Å². The van der Waals surface area contributed by atoms with Gasteiger partial charge in [-0.15, -0.1) is 23.7 Å². The lowest BCUT2D eigenvalue weighted by Crippen LogP contribution is -2.46. The fraction of sp³-hybridized carbons (Fsp3) is 0.545. The number of nitrogens with one attached hydrogen (secondary N) is 2. The summed E-state index contributed by atoms with van der Waals surface area (Å²) in [4.78, 5) is 12.9. The number of piperidine rings is 1. The first-order chi connectivity index (χ1) is 7.36. The molecule has 1 fully saturated rings. The lowest BCUT2D eigenvalue weighted by Gasteiger charge is -2.22.